The van der Waals surface area contributed by atoms with Gasteiger partial charge in [0.25, 0.3) is 0 Å². The van der Waals surface area contributed by atoms with Gasteiger partial charge in [0.15, 0.2) is 5.90 Å². The lowest BCUT2D eigenvalue weighted by Gasteiger charge is -2.13. The van der Waals surface area contributed by atoms with Crippen LogP contribution in [0, 0.1) is 39.4 Å². The molecule has 0 saturated heterocycles. The lowest BCUT2D eigenvalue weighted by atomic mass is 10.1. The van der Waals surface area contributed by atoms with Crippen LogP contribution in [0.15, 0.2) is 30.3 Å². The highest BCUT2D eigenvalue weighted by molar-refractivity contribution is 5.74. The number of nitrogens with one attached hydrogen (secondary N) is 1. The Hall–Kier alpha value is -2.84. The predicted octanol–water partition coefficient (Wildman–Crippen LogP) is 1.92. The van der Waals surface area contributed by atoms with Crippen molar-refractivity contribution < 1.29 is 4.74 Å². The quantitative estimate of drug-likeness (QED) is 0.639. The first kappa shape index (κ1) is 13.2. The lowest BCUT2D eigenvalue weighted by Crippen LogP contribution is -2.29. The minimum absolute atomic E-state index is 0.233. The number of benzene rings is 1. The van der Waals surface area contributed by atoms with Crippen LogP contribution < -0.4 is 0 Å². The van der Waals surface area contributed by atoms with Crippen molar-refractivity contribution in [2.75, 3.05) is 0 Å². The van der Waals surface area contributed by atoms with Crippen molar-refractivity contribution in [1.29, 1.82) is 21.2 Å². The third-order valence-corrected chi connectivity index (χ3v) is 2.23. The second-order valence-electron chi connectivity index (χ2n) is 3.53. The second-order valence-corrected chi connectivity index (χ2v) is 3.53. The summed E-state index contributed by atoms with van der Waals surface area (Å²) in [7, 11) is 0. The van der Waals surface area contributed by atoms with Crippen LogP contribution in [0.1, 0.15) is 12.0 Å². The molecule has 0 amide bonds. The van der Waals surface area contributed by atoms with Gasteiger partial charge < -0.3 is 4.74 Å². The molecule has 18 heavy (non-hydrogen) atoms. The van der Waals surface area contributed by atoms with Gasteiger partial charge >= 0.3 is 5.60 Å². The van der Waals surface area contributed by atoms with Crippen molar-refractivity contribution >= 4 is 5.90 Å². The maximum Gasteiger partial charge on any atom is 0.368 e. The summed E-state index contributed by atoms with van der Waals surface area (Å²) in [4.78, 5) is 0. The zero-order chi connectivity index (χ0) is 13.4. The molecule has 0 unspecified atom stereocenters. The SMILES string of the molecule is N#CC(C#N)(C#N)OC(=N)CCc1ccccc1. The van der Waals surface area contributed by atoms with Crippen molar-refractivity contribution in [3.05, 3.63) is 35.9 Å². The largest absolute Gasteiger partial charge is 0.435 e. The van der Waals surface area contributed by atoms with Crippen LogP contribution in [0.4, 0.5) is 0 Å². The molecule has 0 heterocycles. The van der Waals surface area contributed by atoms with Gasteiger partial charge in [-0.2, -0.15) is 15.8 Å². The highest BCUT2D eigenvalue weighted by atomic mass is 16.5. The molecule has 5 nitrogen and oxygen atoms in total. The highest BCUT2D eigenvalue weighted by Gasteiger charge is 2.33. The van der Waals surface area contributed by atoms with Crippen molar-refractivity contribution in [3.8, 4) is 18.2 Å². The molecule has 0 aliphatic rings. The summed E-state index contributed by atoms with van der Waals surface area (Å²) in [5.41, 5.74) is -1.20. The molecule has 0 aliphatic heterocycles. The molecular formula is C13H10N4O. The van der Waals surface area contributed by atoms with E-state index in [2.05, 4.69) is 0 Å². The Morgan fingerprint density at radius 2 is 1.67 bits per heavy atom. The Morgan fingerprint density at radius 1 is 1.11 bits per heavy atom. The van der Waals surface area contributed by atoms with E-state index in [4.69, 9.17) is 25.9 Å². The van der Waals surface area contributed by atoms with Crippen molar-refractivity contribution in [3.63, 3.8) is 0 Å². The van der Waals surface area contributed by atoms with Gasteiger partial charge in [0.2, 0.25) is 0 Å². The molecule has 88 valence electrons. The predicted molar refractivity (Wildman–Crippen MR) is 63.1 cm³/mol. The van der Waals surface area contributed by atoms with Gasteiger partial charge in [-0.25, -0.2) is 0 Å². The molecule has 5 heteroatoms. The fourth-order valence-electron chi connectivity index (χ4n) is 1.28. The molecule has 1 N–H and O–H groups in total. The topological polar surface area (TPSA) is 104 Å². The van der Waals surface area contributed by atoms with Crippen LogP contribution in [-0.4, -0.2) is 11.5 Å². The summed E-state index contributed by atoms with van der Waals surface area (Å²) in [6, 6.07) is 13.8. The fraction of sp³-hybridized carbons (Fsp3) is 0.231. The second kappa shape index (κ2) is 6.03. The zero-order valence-corrected chi connectivity index (χ0v) is 9.55. The number of aryl methyl sites for hydroxylation is 1. The molecule has 1 rings (SSSR count). The van der Waals surface area contributed by atoms with Crippen molar-refractivity contribution in [1.82, 2.24) is 0 Å². The molecule has 0 fully saturated rings. The average molecular weight is 238 g/mol. The van der Waals surface area contributed by atoms with Gasteiger partial charge in [0.05, 0.1) is 0 Å². The third kappa shape index (κ3) is 3.33. The lowest BCUT2D eigenvalue weighted by molar-refractivity contribution is 0.220. The molecule has 1 aromatic carbocycles. The van der Waals surface area contributed by atoms with Gasteiger partial charge in [-0.1, -0.05) is 30.3 Å². The van der Waals surface area contributed by atoms with Gasteiger partial charge in [-0.05, 0) is 12.0 Å². The van der Waals surface area contributed by atoms with E-state index in [9.17, 15) is 0 Å². The van der Waals surface area contributed by atoms with E-state index in [1.54, 1.807) is 0 Å². The smallest absolute Gasteiger partial charge is 0.368 e. The number of rotatable bonds is 4. The molecule has 0 atom stereocenters. The maximum atomic E-state index is 8.69. The Bertz CT molecular complexity index is 509. The van der Waals surface area contributed by atoms with Crippen LogP contribution in [-0.2, 0) is 11.2 Å². The van der Waals surface area contributed by atoms with Gasteiger partial charge in [-0.3, -0.25) is 5.41 Å². The summed E-state index contributed by atoms with van der Waals surface area (Å²) >= 11 is 0. The van der Waals surface area contributed by atoms with Gasteiger partial charge in [-0.15, -0.1) is 0 Å². The molecule has 0 aromatic heterocycles. The Morgan fingerprint density at radius 3 is 2.17 bits per heavy atom. The van der Waals surface area contributed by atoms with Gasteiger partial charge in [0.1, 0.15) is 18.2 Å². The number of nitriles is 3. The standard InChI is InChI=1S/C13H10N4O/c14-8-13(9-15,10-16)18-12(17)7-6-11-4-2-1-3-5-11/h1-5,17H,6-7H2. The molecule has 0 radical (unpaired) electrons. The maximum absolute atomic E-state index is 8.69. The first-order valence-corrected chi connectivity index (χ1v) is 5.20. The van der Waals surface area contributed by atoms with E-state index in [-0.39, 0.29) is 12.3 Å². The number of hydrogen-bond donors (Lipinski definition) is 1. The van der Waals surface area contributed by atoms with Crippen LogP contribution in [0.3, 0.4) is 0 Å². The molecule has 0 saturated carbocycles. The molecular weight excluding hydrogens is 228 g/mol. The Kier molecular flexibility index (Phi) is 4.43. The van der Waals surface area contributed by atoms with Crippen LogP contribution in [0.25, 0.3) is 0 Å². The number of hydrogen-bond acceptors (Lipinski definition) is 5. The third-order valence-electron chi connectivity index (χ3n) is 2.23. The first-order valence-electron chi connectivity index (χ1n) is 5.20. The van der Waals surface area contributed by atoms with E-state index in [1.807, 2.05) is 30.3 Å². The molecule has 1 aromatic rings. The van der Waals surface area contributed by atoms with E-state index in [0.29, 0.717) is 6.42 Å². The van der Waals surface area contributed by atoms with E-state index in [0.717, 1.165) is 5.56 Å². The average Bonchev–Trinajstić information content (AvgIpc) is 2.44. The van der Waals surface area contributed by atoms with E-state index in [1.165, 1.54) is 18.2 Å². The monoisotopic (exact) mass is 238 g/mol. The van der Waals surface area contributed by atoms with E-state index >= 15 is 0 Å². The normalized spacial score (nSPS) is 9.61. The van der Waals surface area contributed by atoms with E-state index < -0.39 is 5.60 Å². The Balaban J connectivity index is 2.57. The van der Waals surface area contributed by atoms with Gasteiger partial charge in [0, 0.05) is 6.42 Å². The highest BCUT2D eigenvalue weighted by Crippen LogP contribution is 2.11. The minimum Gasteiger partial charge on any atom is -0.435 e. The zero-order valence-electron chi connectivity index (χ0n) is 9.55. The van der Waals surface area contributed by atoms with Crippen LogP contribution in [0.2, 0.25) is 0 Å². The molecule has 0 aliphatic carbocycles. The van der Waals surface area contributed by atoms with Crippen LogP contribution >= 0.6 is 0 Å². The number of ether oxygens (including phenoxy) is 1. The minimum atomic E-state index is -2.21. The summed E-state index contributed by atoms with van der Waals surface area (Å²) in [5.74, 6) is -0.247. The number of nitrogens with zero attached hydrogens (tertiary/aromatic N) is 3. The summed E-state index contributed by atoms with van der Waals surface area (Å²) in [6.45, 7) is 0. The summed E-state index contributed by atoms with van der Waals surface area (Å²) in [5, 5.41) is 33.6. The molecule has 0 bridgehead atoms. The Labute approximate surface area is 105 Å². The van der Waals surface area contributed by atoms with Crippen LogP contribution in [0.5, 0.6) is 0 Å². The summed E-state index contributed by atoms with van der Waals surface area (Å²) < 4.78 is 4.81. The summed E-state index contributed by atoms with van der Waals surface area (Å²) in [6.07, 6.45) is 0.787. The van der Waals surface area contributed by atoms with Crippen molar-refractivity contribution in [2.24, 2.45) is 0 Å². The fourth-order valence-corrected chi connectivity index (χ4v) is 1.28. The van der Waals surface area contributed by atoms with Crippen molar-refractivity contribution in [2.45, 2.75) is 18.4 Å². The molecule has 0 spiro atoms. The first-order chi connectivity index (χ1) is 8.65.